The second kappa shape index (κ2) is 4.91. The molecule has 0 unspecified atom stereocenters. The van der Waals surface area contributed by atoms with E-state index >= 15 is 0 Å². The Balaban J connectivity index is 3.87. The van der Waals surface area contributed by atoms with Gasteiger partial charge in [-0.1, -0.05) is 40.0 Å². The molecular formula is C8H20OSi. The molecule has 0 amide bonds. The van der Waals surface area contributed by atoms with Crippen molar-refractivity contribution < 1.29 is 4.43 Å². The minimum Gasteiger partial charge on any atom is -0.427 e. The summed E-state index contributed by atoms with van der Waals surface area (Å²) in [6.45, 7) is 6.83. The lowest BCUT2D eigenvalue weighted by Crippen LogP contribution is -2.19. The maximum Gasteiger partial charge on any atom is 0.167 e. The van der Waals surface area contributed by atoms with Crippen LogP contribution in [0.25, 0.3) is 0 Å². The Kier molecular flexibility index (Phi) is 5.00. The fourth-order valence-corrected chi connectivity index (χ4v) is 2.59. The monoisotopic (exact) mass is 160 g/mol. The summed E-state index contributed by atoms with van der Waals surface area (Å²) in [6, 6.07) is 0. The smallest absolute Gasteiger partial charge is 0.167 e. The molecule has 0 aliphatic carbocycles. The zero-order chi connectivity index (χ0) is 8.04. The maximum atomic E-state index is 5.32. The Bertz CT molecular complexity index is 71.1. The molecule has 0 aromatic heterocycles. The molecule has 1 nitrogen and oxygen atoms in total. The van der Waals surface area contributed by atoms with Crippen LogP contribution in [0.5, 0.6) is 0 Å². The second-order valence-electron chi connectivity index (χ2n) is 2.99. The molecule has 0 fully saturated rings. The molecule has 0 saturated carbocycles. The molecule has 0 aliphatic rings. The molecule has 0 spiro atoms. The highest BCUT2D eigenvalue weighted by Crippen LogP contribution is 2.36. The van der Waals surface area contributed by atoms with Gasteiger partial charge in [-0.25, -0.2) is 0 Å². The molecule has 0 heterocycles. The lowest BCUT2D eigenvalue weighted by Gasteiger charge is -2.28. The van der Waals surface area contributed by atoms with E-state index in [1.807, 2.05) is 7.11 Å². The average Bonchev–Trinajstić information content (AvgIpc) is 2.01. The van der Waals surface area contributed by atoms with Gasteiger partial charge in [-0.15, -0.1) is 0 Å². The third-order valence-electron chi connectivity index (χ3n) is 2.70. The van der Waals surface area contributed by atoms with Crippen molar-refractivity contribution in [2.24, 2.45) is 0 Å². The van der Waals surface area contributed by atoms with Crippen LogP contribution in [0.4, 0.5) is 0 Å². The van der Waals surface area contributed by atoms with Crippen molar-refractivity contribution in [3.8, 4) is 0 Å². The summed E-state index contributed by atoms with van der Waals surface area (Å²) in [7, 11) is 1.58. The van der Waals surface area contributed by atoms with Crippen molar-refractivity contribution in [3.63, 3.8) is 0 Å². The van der Waals surface area contributed by atoms with Gasteiger partial charge in [0.15, 0.2) is 9.76 Å². The van der Waals surface area contributed by atoms with Gasteiger partial charge in [0.25, 0.3) is 0 Å². The summed E-state index contributed by atoms with van der Waals surface area (Å²) >= 11 is 0. The molecular weight excluding hydrogens is 140 g/mol. The van der Waals surface area contributed by atoms with Gasteiger partial charge in [0.1, 0.15) is 0 Å². The zero-order valence-electron chi connectivity index (χ0n) is 7.74. The largest absolute Gasteiger partial charge is 0.427 e. The standard InChI is InChI=1S/C8H20OSi/c1-5-8(6-2,7-3)10-9-4/h5-7,10H2,1-4H3. The van der Waals surface area contributed by atoms with Gasteiger partial charge in [-0.05, 0) is 5.04 Å². The van der Waals surface area contributed by atoms with Crippen LogP contribution in [0.3, 0.4) is 0 Å². The van der Waals surface area contributed by atoms with Gasteiger partial charge in [-0.2, -0.15) is 0 Å². The van der Waals surface area contributed by atoms with Crippen molar-refractivity contribution in [2.45, 2.75) is 45.1 Å². The van der Waals surface area contributed by atoms with Crippen molar-refractivity contribution in [3.05, 3.63) is 0 Å². The van der Waals surface area contributed by atoms with E-state index in [0.717, 1.165) is 0 Å². The molecule has 0 bridgehead atoms. The van der Waals surface area contributed by atoms with Gasteiger partial charge >= 0.3 is 0 Å². The molecule has 0 N–H and O–H groups in total. The van der Waals surface area contributed by atoms with Crippen LogP contribution in [-0.4, -0.2) is 16.9 Å². The molecule has 0 aliphatic heterocycles. The first-order valence-corrected chi connectivity index (χ1v) is 5.52. The van der Waals surface area contributed by atoms with Gasteiger partial charge in [0.05, 0.1) is 0 Å². The normalized spacial score (nSPS) is 13.2. The summed E-state index contributed by atoms with van der Waals surface area (Å²) in [5.74, 6) is 0. The molecule has 0 saturated heterocycles. The predicted molar refractivity (Wildman–Crippen MR) is 49.1 cm³/mol. The summed E-state index contributed by atoms with van der Waals surface area (Å²) < 4.78 is 5.32. The van der Waals surface area contributed by atoms with Crippen LogP contribution in [0.1, 0.15) is 40.0 Å². The number of hydrogen-bond donors (Lipinski definition) is 0. The van der Waals surface area contributed by atoms with Crippen LogP contribution in [0.15, 0.2) is 0 Å². The molecule has 0 aromatic rings. The van der Waals surface area contributed by atoms with Gasteiger partial charge in [-0.3, -0.25) is 0 Å². The van der Waals surface area contributed by atoms with Gasteiger partial charge < -0.3 is 4.43 Å². The summed E-state index contributed by atoms with van der Waals surface area (Å²) in [4.78, 5) is 0. The van der Waals surface area contributed by atoms with Crippen LogP contribution < -0.4 is 0 Å². The molecule has 10 heavy (non-hydrogen) atoms. The Morgan fingerprint density at radius 2 is 1.50 bits per heavy atom. The first-order valence-electron chi connectivity index (χ1n) is 4.23. The maximum absolute atomic E-state index is 5.32. The van der Waals surface area contributed by atoms with Crippen molar-refractivity contribution >= 4 is 9.76 Å². The third kappa shape index (κ3) is 2.43. The molecule has 0 aromatic carbocycles. The van der Waals surface area contributed by atoms with Gasteiger partial charge in [0, 0.05) is 7.11 Å². The van der Waals surface area contributed by atoms with Crippen LogP contribution in [0.2, 0.25) is 5.04 Å². The Morgan fingerprint density at radius 1 is 1.10 bits per heavy atom. The zero-order valence-corrected chi connectivity index (χ0v) is 9.15. The number of rotatable bonds is 5. The van der Waals surface area contributed by atoms with E-state index in [1.54, 1.807) is 0 Å². The molecule has 62 valence electrons. The van der Waals surface area contributed by atoms with E-state index in [0.29, 0.717) is 5.04 Å². The highest BCUT2D eigenvalue weighted by atomic mass is 28.2. The topological polar surface area (TPSA) is 9.23 Å². The van der Waals surface area contributed by atoms with Crippen molar-refractivity contribution in [1.82, 2.24) is 0 Å². The molecule has 2 heteroatoms. The third-order valence-corrected chi connectivity index (χ3v) is 5.10. The van der Waals surface area contributed by atoms with E-state index in [2.05, 4.69) is 20.8 Å². The van der Waals surface area contributed by atoms with Crippen molar-refractivity contribution in [2.75, 3.05) is 7.11 Å². The molecule has 0 radical (unpaired) electrons. The van der Waals surface area contributed by atoms with Crippen LogP contribution >= 0.6 is 0 Å². The highest BCUT2D eigenvalue weighted by molar-refractivity contribution is 6.32. The van der Waals surface area contributed by atoms with Crippen LogP contribution in [-0.2, 0) is 4.43 Å². The minimum atomic E-state index is -0.271. The second-order valence-corrected chi connectivity index (χ2v) is 5.36. The lowest BCUT2D eigenvalue weighted by atomic mass is 9.99. The quantitative estimate of drug-likeness (QED) is 0.560. The Morgan fingerprint density at radius 3 is 1.60 bits per heavy atom. The molecule has 0 atom stereocenters. The predicted octanol–water partition coefficient (Wildman–Crippen LogP) is 2.11. The van der Waals surface area contributed by atoms with Crippen LogP contribution in [0, 0.1) is 0 Å². The minimum absolute atomic E-state index is 0.271. The lowest BCUT2D eigenvalue weighted by molar-refractivity contribution is 0.374. The SMILES string of the molecule is CCC(CC)(CC)[SiH2]OC. The van der Waals surface area contributed by atoms with Gasteiger partial charge in [0.2, 0.25) is 0 Å². The Labute approximate surface area is 67.1 Å². The van der Waals surface area contributed by atoms with E-state index in [4.69, 9.17) is 4.43 Å². The fourth-order valence-electron chi connectivity index (χ4n) is 1.36. The number of hydrogen-bond acceptors (Lipinski definition) is 1. The van der Waals surface area contributed by atoms with E-state index in [-0.39, 0.29) is 9.76 Å². The van der Waals surface area contributed by atoms with E-state index < -0.39 is 0 Å². The summed E-state index contributed by atoms with van der Waals surface area (Å²) in [6.07, 6.45) is 3.88. The Hall–Kier alpha value is 0.177. The van der Waals surface area contributed by atoms with Crippen molar-refractivity contribution in [1.29, 1.82) is 0 Å². The highest BCUT2D eigenvalue weighted by Gasteiger charge is 2.23. The molecule has 0 rings (SSSR count). The average molecular weight is 160 g/mol. The van der Waals surface area contributed by atoms with E-state index in [1.165, 1.54) is 19.3 Å². The first kappa shape index (κ1) is 10.2. The first-order chi connectivity index (χ1) is 4.74. The summed E-state index contributed by atoms with van der Waals surface area (Å²) in [5.41, 5.74) is 0. The fraction of sp³-hybridized carbons (Fsp3) is 1.00. The summed E-state index contributed by atoms with van der Waals surface area (Å²) in [5, 5.41) is 0.592. The van der Waals surface area contributed by atoms with E-state index in [9.17, 15) is 0 Å².